The smallest absolute Gasteiger partial charge is 0.254 e. The summed E-state index contributed by atoms with van der Waals surface area (Å²) in [6, 6.07) is 11.6. The average Bonchev–Trinajstić information content (AvgIpc) is 3.13. The summed E-state index contributed by atoms with van der Waals surface area (Å²) in [5.74, 6) is 1.00. The van der Waals surface area contributed by atoms with Crippen molar-refractivity contribution in [1.82, 2.24) is 14.7 Å². The van der Waals surface area contributed by atoms with Gasteiger partial charge in [-0.15, -0.1) is 11.8 Å². The lowest BCUT2D eigenvalue weighted by atomic mass is 9.96. The van der Waals surface area contributed by atoms with Crippen molar-refractivity contribution in [2.45, 2.75) is 24.3 Å². The molecule has 0 N–H and O–H groups in total. The fourth-order valence-corrected chi connectivity index (χ4v) is 3.75. The highest BCUT2D eigenvalue weighted by atomic mass is 32.2. The number of likely N-dealkylation sites (tertiary alicyclic amines) is 1. The van der Waals surface area contributed by atoms with Gasteiger partial charge in [-0.3, -0.25) is 9.48 Å². The van der Waals surface area contributed by atoms with Gasteiger partial charge in [-0.05, 0) is 37.0 Å². The van der Waals surface area contributed by atoms with E-state index in [1.54, 1.807) is 6.20 Å². The van der Waals surface area contributed by atoms with Gasteiger partial charge in [0, 0.05) is 36.9 Å². The number of rotatable bonds is 5. The molecule has 0 spiro atoms. The minimum Gasteiger partial charge on any atom is -0.339 e. The number of thioether (sulfide) groups is 1. The van der Waals surface area contributed by atoms with Crippen LogP contribution < -0.4 is 0 Å². The minimum absolute atomic E-state index is 0.0774. The third kappa shape index (κ3) is 3.98. The first-order valence-corrected chi connectivity index (χ1v) is 9.12. The number of benzene rings is 1. The molecule has 2 heterocycles. The second kappa shape index (κ2) is 8.02. The van der Waals surface area contributed by atoms with E-state index < -0.39 is 0 Å². The SMILES string of the molecule is N#CCSc1ccccc1C(=O)N1CCC(Cn2cccn2)CC1. The fourth-order valence-electron chi connectivity index (χ4n) is 3.04. The zero-order chi connectivity index (χ0) is 16.8. The maximum Gasteiger partial charge on any atom is 0.254 e. The summed E-state index contributed by atoms with van der Waals surface area (Å²) < 4.78 is 1.97. The second-order valence-electron chi connectivity index (χ2n) is 5.91. The lowest BCUT2D eigenvalue weighted by molar-refractivity contribution is 0.0678. The normalized spacial score (nSPS) is 15.2. The van der Waals surface area contributed by atoms with Gasteiger partial charge in [-0.25, -0.2) is 0 Å². The fraction of sp³-hybridized carbons (Fsp3) is 0.389. The van der Waals surface area contributed by atoms with Crippen molar-refractivity contribution in [1.29, 1.82) is 5.26 Å². The Morgan fingerprint density at radius 1 is 1.29 bits per heavy atom. The lowest BCUT2D eigenvalue weighted by Crippen LogP contribution is -2.39. The van der Waals surface area contributed by atoms with Crippen molar-refractivity contribution >= 4 is 17.7 Å². The molecule has 3 rings (SSSR count). The molecule has 0 aliphatic carbocycles. The summed E-state index contributed by atoms with van der Waals surface area (Å²) in [5, 5.41) is 13.0. The summed E-state index contributed by atoms with van der Waals surface area (Å²) in [7, 11) is 0. The van der Waals surface area contributed by atoms with Crippen LogP contribution in [0.2, 0.25) is 0 Å². The number of nitriles is 1. The molecular weight excluding hydrogens is 320 g/mol. The van der Waals surface area contributed by atoms with Crippen LogP contribution in [0, 0.1) is 17.2 Å². The molecule has 2 aromatic rings. The van der Waals surface area contributed by atoms with E-state index >= 15 is 0 Å². The number of amides is 1. The van der Waals surface area contributed by atoms with Crippen LogP contribution in [0.3, 0.4) is 0 Å². The predicted molar refractivity (Wildman–Crippen MR) is 93.6 cm³/mol. The number of carbonyl (C=O) groups excluding carboxylic acids is 1. The Kier molecular flexibility index (Phi) is 5.55. The number of piperidine rings is 1. The molecule has 1 amide bonds. The zero-order valence-electron chi connectivity index (χ0n) is 13.5. The number of hydrogen-bond donors (Lipinski definition) is 0. The van der Waals surface area contributed by atoms with Gasteiger partial charge in [0.2, 0.25) is 0 Å². The maximum atomic E-state index is 12.8. The maximum absolute atomic E-state index is 12.8. The first-order chi connectivity index (χ1) is 11.8. The Morgan fingerprint density at radius 3 is 2.79 bits per heavy atom. The van der Waals surface area contributed by atoms with Crippen LogP contribution in [0.1, 0.15) is 23.2 Å². The van der Waals surface area contributed by atoms with Crippen molar-refractivity contribution in [3.05, 3.63) is 48.3 Å². The highest BCUT2D eigenvalue weighted by molar-refractivity contribution is 7.99. The summed E-state index contributed by atoms with van der Waals surface area (Å²) in [5.41, 5.74) is 0.711. The average molecular weight is 340 g/mol. The molecule has 24 heavy (non-hydrogen) atoms. The molecule has 1 aromatic heterocycles. The van der Waals surface area contributed by atoms with Gasteiger partial charge >= 0.3 is 0 Å². The molecule has 0 atom stereocenters. The molecule has 5 nitrogen and oxygen atoms in total. The van der Waals surface area contributed by atoms with Gasteiger partial charge in [0.25, 0.3) is 5.91 Å². The number of nitrogens with zero attached hydrogens (tertiary/aromatic N) is 4. The van der Waals surface area contributed by atoms with Crippen molar-refractivity contribution in [2.75, 3.05) is 18.8 Å². The molecule has 6 heteroatoms. The molecule has 1 aromatic carbocycles. The molecule has 1 fully saturated rings. The number of hydrogen-bond acceptors (Lipinski definition) is 4. The number of aromatic nitrogens is 2. The van der Waals surface area contributed by atoms with Gasteiger partial charge in [0.1, 0.15) is 0 Å². The Bertz CT molecular complexity index is 715. The third-order valence-electron chi connectivity index (χ3n) is 4.32. The summed E-state index contributed by atoms with van der Waals surface area (Å²) in [6.45, 7) is 2.48. The van der Waals surface area contributed by atoms with E-state index in [2.05, 4.69) is 11.2 Å². The first-order valence-electron chi connectivity index (χ1n) is 8.13. The standard InChI is InChI=1S/C18H20N4OS/c19-8-13-24-17-5-2-1-4-16(17)18(23)21-11-6-15(7-12-21)14-22-10-3-9-20-22/h1-5,9-10,15H,6-7,11-14H2. The topological polar surface area (TPSA) is 61.9 Å². The first kappa shape index (κ1) is 16.6. The minimum atomic E-state index is 0.0774. The zero-order valence-corrected chi connectivity index (χ0v) is 14.3. The summed E-state index contributed by atoms with van der Waals surface area (Å²) in [4.78, 5) is 15.6. The molecule has 1 aliphatic heterocycles. The van der Waals surface area contributed by atoms with Crippen LogP contribution in [0.4, 0.5) is 0 Å². The van der Waals surface area contributed by atoms with Gasteiger partial charge in [0.05, 0.1) is 17.4 Å². The second-order valence-corrected chi connectivity index (χ2v) is 6.92. The van der Waals surface area contributed by atoms with Gasteiger partial charge in [-0.1, -0.05) is 12.1 Å². The van der Waals surface area contributed by atoms with Crippen molar-refractivity contribution < 1.29 is 4.79 Å². The van der Waals surface area contributed by atoms with E-state index in [0.29, 0.717) is 17.2 Å². The van der Waals surface area contributed by atoms with E-state index in [1.807, 2.05) is 46.1 Å². The van der Waals surface area contributed by atoms with E-state index in [4.69, 9.17) is 5.26 Å². The lowest BCUT2D eigenvalue weighted by Gasteiger charge is -2.32. The summed E-state index contributed by atoms with van der Waals surface area (Å²) in [6.07, 6.45) is 5.78. The van der Waals surface area contributed by atoms with Crippen molar-refractivity contribution in [2.24, 2.45) is 5.92 Å². The van der Waals surface area contributed by atoms with E-state index in [9.17, 15) is 4.79 Å². The van der Waals surface area contributed by atoms with E-state index in [1.165, 1.54) is 11.8 Å². The van der Waals surface area contributed by atoms with Crippen LogP contribution in [-0.2, 0) is 6.54 Å². The molecule has 0 bridgehead atoms. The largest absolute Gasteiger partial charge is 0.339 e. The summed E-state index contributed by atoms with van der Waals surface area (Å²) >= 11 is 1.42. The molecule has 0 radical (unpaired) electrons. The highest BCUT2D eigenvalue weighted by Gasteiger charge is 2.25. The highest BCUT2D eigenvalue weighted by Crippen LogP contribution is 2.26. The van der Waals surface area contributed by atoms with Crippen LogP contribution in [-0.4, -0.2) is 39.4 Å². The molecule has 124 valence electrons. The van der Waals surface area contributed by atoms with Crippen LogP contribution in [0.15, 0.2) is 47.6 Å². The Hall–Kier alpha value is -2.26. The molecule has 1 aliphatic rings. The third-order valence-corrected chi connectivity index (χ3v) is 5.26. The van der Waals surface area contributed by atoms with Crippen molar-refractivity contribution in [3.63, 3.8) is 0 Å². The molecular formula is C18H20N4OS. The van der Waals surface area contributed by atoms with Gasteiger partial charge < -0.3 is 4.90 Å². The Labute approximate surface area is 146 Å². The Morgan fingerprint density at radius 2 is 2.08 bits per heavy atom. The monoisotopic (exact) mass is 340 g/mol. The predicted octanol–water partition coefficient (Wildman–Crippen LogP) is 3.05. The van der Waals surface area contributed by atoms with Crippen LogP contribution >= 0.6 is 11.8 Å². The van der Waals surface area contributed by atoms with Crippen LogP contribution in [0.25, 0.3) is 0 Å². The molecule has 0 saturated carbocycles. The van der Waals surface area contributed by atoms with Crippen molar-refractivity contribution in [3.8, 4) is 6.07 Å². The van der Waals surface area contributed by atoms with E-state index in [0.717, 1.165) is 37.4 Å². The number of carbonyl (C=O) groups is 1. The molecule has 0 unspecified atom stereocenters. The van der Waals surface area contributed by atoms with Gasteiger partial charge in [0.15, 0.2) is 0 Å². The van der Waals surface area contributed by atoms with Crippen LogP contribution in [0.5, 0.6) is 0 Å². The van der Waals surface area contributed by atoms with E-state index in [-0.39, 0.29) is 5.91 Å². The van der Waals surface area contributed by atoms with Gasteiger partial charge in [-0.2, -0.15) is 10.4 Å². The Balaban J connectivity index is 1.60. The quantitative estimate of drug-likeness (QED) is 0.785. The molecule has 1 saturated heterocycles.